The first-order valence-electron chi connectivity index (χ1n) is 10.8. The fourth-order valence-corrected chi connectivity index (χ4v) is 4.38. The molecule has 0 unspecified atom stereocenters. The molecule has 2 aromatic carbocycles. The van der Waals surface area contributed by atoms with Crippen molar-refractivity contribution in [3.8, 4) is 11.8 Å². The number of hydrogen-bond donors (Lipinski definition) is 0. The summed E-state index contributed by atoms with van der Waals surface area (Å²) < 4.78 is 40.2. The maximum Gasteiger partial charge on any atom is 0.298 e. The zero-order chi connectivity index (χ0) is 23.4. The summed E-state index contributed by atoms with van der Waals surface area (Å²) in [5, 5.41) is 0. The van der Waals surface area contributed by atoms with Crippen LogP contribution in [0.1, 0.15) is 30.4 Å². The average Bonchev–Trinajstić information content (AvgIpc) is 3.25. The van der Waals surface area contributed by atoms with Crippen LogP contribution >= 0.6 is 0 Å². The number of carbonyl (C=O) groups excluding carboxylic acids is 2. The van der Waals surface area contributed by atoms with Crippen molar-refractivity contribution < 1.29 is 22.8 Å². The molecule has 170 valence electrons. The Bertz CT molecular complexity index is 1140. The highest BCUT2D eigenvalue weighted by Crippen LogP contribution is 2.40. The van der Waals surface area contributed by atoms with Crippen LogP contribution in [0, 0.1) is 34.7 Å². The fourth-order valence-electron chi connectivity index (χ4n) is 4.38. The summed E-state index contributed by atoms with van der Waals surface area (Å²) in [6, 6.07) is 11.3. The van der Waals surface area contributed by atoms with Crippen LogP contribution in [-0.4, -0.2) is 47.8 Å². The van der Waals surface area contributed by atoms with E-state index in [1.54, 1.807) is 9.80 Å². The maximum atomic E-state index is 13.8. The minimum atomic E-state index is -1.56. The molecule has 0 radical (unpaired) electrons. The summed E-state index contributed by atoms with van der Waals surface area (Å²) in [6.07, 6.45) is 4.72. The second-order valence-corrected chi connectivity index (χ2v) is 8.52. The van der Waals surface area contributed by atoms with Crippen molar-refractivity contribution in [2.45, 2.75) is 19.3 Å². The number of benzene rings is 2. The van der Waals surface area contributed by atoms with Gasteiger partial charge in [-0.1, -0.05) is 24.1 Å². The van der Waals surface area contributed by atoms with Gasteiger partial charge in [-0.15, -0.1) is 0 Å². The number of nitrogens with zero attached hydrogens (tertiary/aromatic N) is 2. The average molecular weight is 452 g/mol. The quantitative estimate of drug-likeness (QED) is 0.393. The molecule has 2 amide bonds. The number of piperidine rings is 1. The van der Waals surface area contributed by atoms with E-state index in [4.69, 9.17) is 0 Å². The largest absolute Gasteiger partial charge is 0.339 e. The normalized spacial score (nSPS) is 17.3. The topological polar surface area (TPSA) is 40.6 Å². The van der Waals surface area contributed by atoms with Crippen LogP contribution in [0.3, 0.4) is 0 Å². The molecule has 2 aromatic rings. The van der Waals surface area contributed by atoms with Crippen LogP contribution in [0.2, 0.25) is 0 Å². The van der Waals surface area contributed by atoms with Crippen molar-refractivity contribution in [2.24, 2.45) is 5.41 Å². The molecular weight excluding hydrogens is 429 g/mol. The van der Waals surface area contributed by atoms with E-state index in [9.17, 15) is 22.8 Å². The Balaban J connectivity index is 1.32. The van der Waals surface area contributed by atoms with Gasteiger partial charge in [-0.25, -0.2) is 13.2 Å². The Kier molecular flexibility index (Phi) is 6.55. The Hall–Kier alpha value is -3.53. The molecule has 2 saturated heterocycles. The van der Waals surface area contributed by atoms with Gasteiger partial charge in [-0.2, -0.15) is 0 Å². The van der Waals surface area contributed by atoms with Crippen molar-refractivity contribution in [2.75, 3.05) is 26.2 Å². The molecule has 4 rings (SSSR count). The van der Waals surface area contributed by atoms with E-state index in [0.29, 0.717) is 26.2 Å². The van der Waals surface area contributed by atoms with E-state index in [1.165, 1.54) is 6.08 Å². The molecule has 2 fully saturated rings. The second-order valence-electron chi connectivity index (χ2n) is 8.52. The molecule has 7 heteroatoms. The summed E-state index contributed by atoms with van der Waals surface area (Å²) in [5.74, 6) is 0.949. The molecule has 2 aliphatic rings. The Morgan fingerprint density at radius 3 is 2.24 bits per heavy atom. The second kappa shape index (κ2) is 9.53. The lowest BCUT2D eigenvalue weighted by Crippen LogP contribution is -2.44. The molecule has 0 saturated carbocycles. The van der Waals surface area contributed by atoms with Crippen molar-refractivity contribution in [1.82, 2.24) is 9.80 Å². The zero-order valence-corrected chi connectivity index (χ0v) is 18.0. The molecule has 2 heterocycles. The summed E-state index contributed by atoms with van der Waals surface area (Å²) in [7, 11) is 0. The minimum Gasteiger partial charge on any atom is -0.339 e. The summed E-state index contributed by atoms with van der Waals surface area (Å²) >= 11 is 0. The van der Waals surface area contributed by atoms with Crippen LogP contribution in [0.4, 0.5) is 13.2 Å². The third-order valence-corrected chi connectivity index (χ3v) is 6.42. The first kappa shape index (κ1) is 22.7. The van der Waals surface area contributed by atoms with E-state index < -0.39 is 17.5 Å². The lowest BCUT2D eigenvalue weighted by atomic mass is 9.78. The molecule has 0 bridgehead atoms. The SMILES string of the molecule is O=C(C#Cc1ccccc1)N1CCC2(CC1)CCN(C(=O)/C=C/c1ccc(F)c(F)c1F)C2. The van der Waals surface area contributed by atoms with Gasteiger partial charge in [0.1, 0.15) is 0 Å². The fraction of sp³-hybridized carbons (Fsp3) is 0.308. The highest BCUT2D eigenvalue weighted by molar-refractivity contribution is 5.94. The highest BCUT2D eigenvalue weighted by atomic mass is 19.2. The van der Waals surface area contributed by atoms with Gasteiger partial charge in [0, 0.05) is 49.3 Å². The molecule has 0 aromatic heterocycles. The molecule has 33 heavy (non-hydrogen) atoms. The predicted octanol–water partition coefficient (Wildman–Crippen LogP) is 4.01. The lowest BCUT2D eigenvalue weighted by molar-refractivity contribution is -0.128. The van der Waals surface area contributed by atoms with Crippen LogP contribution < -0.4 is 0 Å². The number of halogens is 3. The Morgan fingerprint density at radius 2 is 1.55 bits per heavy atom. The van der Waals surface area contributed by atoms with Gasteiger partial charge >= 0.3 is 0 Å². The molecule has 4 nitrogen and oxygen atoms in total. The molecule has 0 atom stereocenters. The van der Waals surface area contributed by atoms with Crippen LogP contribution in [0.25, 0.3) is 6.08 Å². The number of hydrogen-bond acceptors (Lipinski definition) is 2. The summed E-state index contributed by atoms with van der Waals surface area (Å²) in [5.41, 5.74) is 0.556. The number of rotatable bonds is 2. The van der Waals surface area contributed by atoms with Crippen LogP contribution in [-0.2, 0) is 9.59 Å². The molecular formula is C26H23F3N2O2. The van der Waals surface area contributed by atoms with E-state index in [1.807, 2.05) is 30.3 Å². The van der Waals surface area contributed by atoms with Crippen molar-refractivity contribution in [1.29, 1.82) is 0 Å². The summed E-state index contributed by atoms with van der Waals surface area (Å²) in [4.78, 5) is 28.4. The van der Waals surface area contributed by atoms with Gasteiger partial charge in [0.2, 0.25) is 5.91 Å². The monoisotopic (exact) mass is 452 g/mol. The van der Waals surface area contributed by atoms with Crippen molar-refractivity contribution >= 4 is 17.9 Å². The third-order valence-electron chi connectivity index (χ3n) is 6.42. The Labute approximate surface area is 190 Å². The number of carbonyl (C=O) groups is 2. The number of amides is 2. The smallest absolute Gasteiger partial charge is 0.298 e. The number of likely N-dealkylation sites (tertiary alicyclic amines) is 2. The zero-order valence-electron chi connectivity index (χ0n) is 18.0. The minimum absolute atomic E-state index is 0.0552. The van der Waals surface area contributed by atoms with Crippen molar-refractivity contribution in [3.05, 3.63) is 77.1 Å². The van der Waals surface area contributed by atoms with Gasteiger partial charge in [-0.3, -0.25) is 9.59 Å². The van der Waals surface area contributed by atoms with Crippen molar-refractivity contribution in [3.63, 3.8) is 0 Å². The molecule has 1 spiro atoms. The van der Waals surface area contributed by atoms with E-state index >= 15 is 0 Å². The lowest BCUT2D eigenvalue weighted by Gasteiger charge is -2.38. The Morgan fingerprint density at radius 1 is 0.879 bits per heavy atom. The van der Waals surface area contributed by atoms with Gasteiger partial charge in [0.05, 0.1) is 0 Å². The van der Waals surface area contributed by atoms with E-state index in [2.05, 4.69) is 11.8 Å². The van der Waals surface area contributed by atoms with Gasteiger partial charge < -0.3 is 9.80 Å². The van der Waals surface area contributed by atoms with E-state index in [-0.39, 0.29) is 22.8 Å². The van der Waals surface area contributed by atoms with Crippen LogP contribution in [0.5, 0.6) is 0 Å². The van der Waals surface area contributed by atoms with Gasteiger partial charge in [0.15, 0.2) is 17.5 Å². The molecule has 2 aliphatic heterocycles. The standard InChI is InChI=1S/C26H23F3N2O2/c27-21-9-7-20(24(28)25(21)29)8-11-23(33)31-17-14-26(18-31)12-15-30(16-13-26)22(32)10-6-19-4-2-1-3-5-19/h1-5,7-9,11H,12-18H2/b11-8+. The van der Waals surface area contributed by atoms with Gasteiger partial charge in [0.25, 0.3) is 5.91 Å². The first-order valence-corrected chi connectivity index (χ1v) is 10.8. The van der Waals surface area contributed by atoms with E-state index in [0.717, 1.165) is 43.0 Å². The first-order chi connectivity index (χ1) is 15.9. The highest BCUT2D eigenvalue weighted by Gasteiger charge is 2.42. The third kappa shape index (κ3) is 5.11. The maximum absolute atomic E-state index is 13.8. The molecule has 0 aliphatic carbocycles. The molecule has 0 N–H and O–H groups in total. The predicted molar refractivity (Wildman–Crippen MR) is 118 cm³/mol. The summed E-state index contributed by atoms with van der Waals surface area (Å²) in [6.45, 7) is 2.28. The van der Waals surface area contributed by atoms with Gasteiger partial charge in [-0.05, 0) is 55.0 Å². The van der Waals surface area contributed by atoms with Crippen LogP contribution in [0.15, 0.2) is 48.5 Å².